The van der Waals surface area contributed by atoms with E-state index in [4.69, 9.17) is 94.9 Å². The van der Waals surface area contributed by atoms with E-state index < -0.39 is 11.9 Å². The Morgan fingerprint density at radius 2 is 0.868 bits per heavy atom. The molecule has 0 spiro atoms. The van der Waals surface area contributed by atoms with Gasteiger partial charge in [-0.25, -0.2) is 4.79 Å². The van der Waals surface area contributed by atoms with Crippen LogP contribution in [0.4, 0.5) is 0 Å². The van der Waals surface area contributed by atoms with E-state index in [1.165, 1.54) is 6.07 Å². The van der Waals surface area contributed by atoms with Gasteiger partial charge in [0.15, 0.2) is 0 Å². The van der Waals surface area contributed by atoms with E-state index in [-0.39, 0.29) is 36.0 Å². The fourth-order valence-corrected chi connectivity index (χ4v) is 9.65. The van der Waals surface area contributed by atoms with Gasteiger partial charge in [-0.3, -0.25) is 9.59 Å². The van der Waals surface area contributed by atoms with Crippen molar-refractivity contribution in [1.82, 2.24) is 0 Å². The molecule has 6 aromatic rings. The van der Waals surface area contributed by atoms with E-state index in [2.05, 4.69) is 112 Å². The van der Waals surface area contributed by atoms with Gasteiger partial charge in [-0.2, -0.15) is 5.26 Å². The van der Waals surface area contributed by atoms with Crippen LogP contribution >= 0.6 is 181 Å². The van der Waals surface area contributed by atoms with E-state index in [1.54, 1.807) is 61.5 Å². The maximum atomic E-state index is 11.2. The van der Waals surface area contributed by atoms with Crippen molar-refractivity contribution in [2.75, 3.05) is 6.61 Å². The van der Waals surface area contributed by atoms with Gasteiger partial charge >= 0.3 is 17.9 Å². The Morgan fingerprint density at radius 3 is 1.18 bits per heavy atom. The van der Waals surface area contributed by atoms with Crippen molar-refractivity contribution in [2.45, 2.75) is 38.1 Å². The van der Waals surface area contributed by atoms with Crippen LogP contribution < -0.4 is 0 Å². The van der Waals surface area contributed by atoms with Gasteiger partial charge in [0, 0.05) is 57.3 Å². The van der Waals surface area contributed by atoms with Crippen molar-refractivity contribution in [3.8, 4) is 6.07 Å². The molecule has 0 fully saturated rings. The number of nitriles is 1. The Hall–Kier alpha value is -1.72. The number of aliphatic hydroxyl groups excluding tert-OH is 1. The molecular formula is C47H36Br7Cl6NO7. The minimum Gasteiger partial charge on any atom is -0.481 e. The average Bonchev–Trinajstić information content (AvgIpc) is 3.25. The number of nitrogens with zero attached hydrogens (tertiary/aromatic N) is 1. The van der Waals surface area contributed by atoms with Crippen molar-refractivity contribution in [1.29, 1.82) is 5.26 Å². The third-order valence-corrected chi connectivity index (χ3v) is 13.4. The van der Waals surface area contributed by atoms with E-state index in [1.807, 2.05) is 54.6 Å². The Labute approximate surface area is 483 Å². The number of carbonyl (C=O) groups excluding carboxylic acids is 1. The quantitative estimate of drug-likeness (QED) is 0.0959. The average molecular weight is 1500 g/mol. The summed E-state index contributed by atoms with van der Waals surface area (Å²) in [6, 6.07) is 34.0. The first kappa shape index (κ1) is 64.3. The minimum absolute atomic E-state index is 0.00782. The van der Waals surface area contributed by atoms with Gasteiger partial charge in [0.1, 0.15) is 0 Å². The van der Waals surface area contributed by atoms with Crippen molar-refractivity contribution < 1.29 is 34.4 Å². The molecule has 0 heterocycles. The molecule has 8 nitrogen and oxygen atoms in total. The van der Waals surface area contributed by atoms with E-state index in [9.17, 15) is 14.4 Å². The summed E-state index contributed by atoms with van der Waals surface area (Å²) in [6.07, 6.45) is 0.554. The van der Waals surface area contributed by atoms with E-state index in [0.717, 1.165) is 59.4 Å². The second-order valence-corrected chi connectivity index (χ2v) is 21.3. The lowest BCUT2D eigenvalue weighted by molar-refractivity contribution is -0.142. The van der Waals surface area contributed by atoms with Crippen LogP contribution in [0.5, 0.6) is 0 Å². The molecule has 0 radical (unpaired) electrons. The molecule has 0 bridgehead atoms. The van der Waals surface area contributed by atoms with Gasteiger partial charge in [-0.1, -0.05) is 211 Å². The number of aromatic carboxylic acids is 1. The summed E-state index contributed by atoms with van der Waals surface area (Å²) in [5.74, 6) is -2.14. The normalized spacial score (nSPS) is 9.74. The number of esters is 1. The van der Waals surface area contributed by atoms with E-state index >= 15 is 0 Å². The Bertz CT molecular complexity index is 2610. The second kappa shape index (κ2) is 35.4. The maximum Gasteiger partial charge on any atom is 0.337 e. The molecule has 0 aliphatic carbocycles. The zero-order chi connectivity index (χ0) is 51.5. The van der Waals surface area contributed by atoms with Crippen molar-refractivity contribution in [3.05, 3.63) is 200 Å². The number of rotatable bonds is 9. The van der Waals surface area contributed by atoms with Crippen LogP contribution in [0.15, 0.2) is 136 Å². The highest BCUT2D eigenvalue weighted by molar-refractivity contribution is 9.11. The third kappa shape index (κ3) is 26.6. The van der Waals surface area contributed by atoms with Crippen LogP contribution in [0.1, 0.15) is 45.1 Å². The zero-order valence-corrected chi connectivity index (χ0v) is 50.6. The lowest BCUT2D eigenvalue weighted by Gasteiger charge is -2.04. The molecule has 0 aromatic heterocycles. The summed E-state index contributed by atoms with van der Waals surface area (Å²) >= 11 is 57.7. The fourth-order valence-electron chi connectivity index (χ4n) is 4.55. The third-order valence-electron chi connectivity index (χ3n) is 7.80. The molecular weight excluding hydrogens is 1460 g/mol. The smallest absolute Gasteiger partial charge is 0.337 e. The number of halogens is 13. The summed E-state index contributed by atoms with van der Waals surface area (Å²) in [5.41, 5.74) is 4.28. The standard InChI is InChI=1S/C10H10BrClO2.C8H5BrClN.C8H6BrClO2.C7H5Br2Cl.C7H4BrClO2.C7H6BrClO/c1-2-14-10(13)5-7-3-4-8(11)6-9(7)12;9-7-2-1-6(3-4-11)8(10)5-7;9-6-2-1-5(3-8(11)12)7(10)4-6;8-4-5-1-2-6(9)3-7(5)10;8-4-1-2-5(7(10)11)6(9)3-4;8-6-2-1-5(4-10)7(9)3-6/h3-4,6H,2,5H2,1H3;1-2,5H,3H2;1-2,4H,3H2,(H,11,12);1-3H,4H2;1-3H,(H,10,11);1-3,10H,4H2. The number of aliphatic carboxylic acids is 1. The van der Waals surface area contributed by atoms with Crippen LogP contribution in [0, 0.1) is 11.3 Å². The maximum absolute atomic E-state index is 11.2. The topological polar surface area (TPSA) is 145 Å². The molecule has 68 heavy (non-hydrogen) atoms. The molecule has 0 aliphatic rings. The van der Waals surface area contributed by atoms with Gasteiger partial charge in [-0.15, -0.1) is 0 Å². The predicted octanol–water partition coefficient (Wildman–Crippen LogP) is 18.5. The first-order valence-electron chi connectivity index (χ1n) is 18.8. The van der Waals surface area contributed by atoms with Crippen LogP contribution in [0.2, 0.25) is 30.1 Å². The molecule has 0 aliphatic heterocycles. The van der Waals surface area contributed by atoms with Crippen LogP contribution in [0.3, 0.4) is 0 Å². The lowest BCUT2D eigenvalue weighted by Crippen LogP contribution is -2.07. The lowest BCUT2D eigenvalue weighted by atomic mass is 10.1. The number of ether oxygens (including phenoxy) is 1. The second-order valence-electron chi connectivity index (χ2n) is 12.8. The number of carbonyl (C=O) groups is 3. The highest BCUT2D eigenvalue weighted by Crippen LogP contribution is 2.26. The highest BCUT2D eigenvalue weighted by Gasteiger charge is 2.09. The van der Waals surface area contributed by atoms with Gasteiger partial charge in [0.05, 0.1) is 49.1 Å². The number of hydrogen-bond acceptors (Lipinski definition) is 6. The number of hydrogen-bond donors (Lipinski definition) is 3. The first-order valence-corrected chi connectivity index (χ1v) is 27.0. The van der Waals surface area contributed by atoms with Gasteiger partial charge in [0.2, 0.25) is 0 Å². The summed E-state index contributed by atoms with van der Waals surface area (Å²) in [5, 5.41) is 38.3. The molecule has 0 amide bonds. The molecule has 0 saturated heterocycles. The Balaban J connectivity index is 0.000000409. The van der Waals surface area contributed by atoms with Crippen LogP contribution in [-0.2, 0) is 45.5 Å². The molecule has 6 aromatic carbocycles. The van der Waals surface area contributed by atoms with Crippen molar-refractivity contribution in [3.63, 3.8) is 0 Å². The fraction of sp³-hybridized carbons (Fsp3) is 0.149. The summed E-state index contributed by atoms with van der Waals surface area (Å²) < 4.78 is 10.2. The number of carboxylic acid groups (broad SMARTS) is 2. The van der Waals surface area contributed by atoms with Crippen LogP contribution in [0.25, 0.3) is 0 Å². The van der Waals surface area contributed by atoms with Crippen molar-refractivity contribution in [2.24, 2.45) is 0 Å². The van der Waals surface area contributed by atoms with Gasteiger partial charge in [0.25, 0.3) is 0 Å². The number of aliphatic hydroxyl groups is 1. The Kier molecular flexibility index (Phi) is 33.5. The number of benzene rings is 6. The molecule has 0 saturated carbocycles. The SMILES string of the molecule is CCOC(=O)Cc1ccc(Br)cc1Cl.Clc1cc(Br)ccc1CBr.N#CCc1ccc(Br)cc1Cl.O=C(O)Cc1ccc(Br)cc1Cl.O=C(O)c1ccc(Br)cc1Cl.OCc1ccc(Br)cc1Cl. The summed E-state index contributed by atoms with van der Waals surface area (Å²) in [4.78, 5) is 31.9. The first-order chi connectivity index (χ1) is 32.0. The summed E-state index contributed by atoms with van der Waals surface area (Å²) in [6.45, 7) is 2.17. The molecule has 21 heteroatoms. The molecule has 3 N–H and O–H groups in total. The van der Waals surface area contributed by atoms with Crippen LogP contribution in [-0.4, -0.2) is 39.8 Å². The number of alkyl halides is 1. The molecule has 6 rings (SSSR count). The van der Waals surface area contributed by atoms with Gasteiger partial charge in [-0.05, 0) is 114 Å². The predicted molar refractivity (Wildman–Crippen MR) is 301 cm³/mol. The number of carboxylic acids is 2. The molecule has 362 valence electrons. The zero-order valence-electron chi connectivity index (χ0n) is 35.0. The highest BCUT2D eigenvalue weighted by atomic mass is 79.9. The molecule has 0 unspecified atom stereocenters. The monoisotopic (exact) mass is 1490 g/mol. The Morgan fingerprint density at radius 1 is 0.529 bits per heavy atom. The largest absolute Gasteiger partial charge is 0.481 e. The van der Waals surface area contributed by atoms with Gasteiger partial charge < -0.3 is 20.1 Å². The minimum atomic E-state index is -1.01. The van der Waals surface area contributed by atoms with Crippen molar-refractivity contribution >= 4 is 199 Å². The van der Waals surface area contributed by atoms with E-state index in [0.29, 0.717) is 38.7 Å². The molecule has 0 atom stereocenters. The summed E-state index contributed by atoms with van der Waals surface area (Å²) in [7, 11) is 0.